The van der Waals surface area contributed by atoms with E-state index in [9.17, 15) is 0 Å². The van der Waals surface area contributed by atoms with Crippen LogP contribution in [0.2, 0.25) is 0 Å². The van der Waals surface area contributed by atoms with Crippen LogP contribution < -0.4 is 11.3 Å². The van der Waals surface area contributed by atoms with Gasteiger partial charge in [-0.2, -0.15) is 0 Å². The zero-order valence-corrected chi connectivity index (χ0v) is 10.6. The fraction of sp³-hybridized carbons (Fsp3) is 0.385. The molecule has 0 aliphatic carbocycles. The zero-order valence-electron chi connectivity index (χ0n) is 9.79. The van der Waals surface area contributed by atoms with Gasteiger partial charge in [0.15, 0.2) is 0 Å². The average Bonchev–Trinajstić information content (AvgIpc) is 2.29. The maximum atomic E-state index is 5.48. The minimum absolute atomic E-state index is 0.248. The summed E-state index contributed by atoms with van der Waals surface area (Å²) in [5.74, 6) is 12.3. The van der Waals surface area contributed by atoms with E-state index in [0.29, 0.717) is 0 Å². The summed E-state index contributed by atoms with van der Waals surface area (Å²) in [6.07, 6.45) is 0.797. The Kier molecular flexibility index (Phi) is 6.02. The van der Waals surface area contributed by atoms with Gasteiger partial charge in [0, 0.05) is 23.1 Å². The smallest absolute Gasteiger partial charge is 0.0413 e. The third-order valence-electron chi connectivity index (χ3n) is 2.20. The maximum absolute atomic E-state index is 5.48. The van der Waals surface area contributed by atoms with Crippen LogP contribution in [0, 0.1) is 18.8 Å². The molecule has 0 saturated carbocycles. The van der Waals surface area contributed by atoms with Gasteiger partial charge in [0.1, 0.15) is 0 Å². The van der Waals surface area contributed by atoms with Crippen LogP contribution in [0.4, 0.5) is 0 Å². The first-order valence-corrected chi connectivity index (χ1v) is 6.30. The van der Waals surface area contributed by atoms with Crippen molar-refractivity contribution >= 4 is 11.8 Å². The summed E-state index contributed by atoms with van der Waals surface area (Å²) in [7, 11) is 0. The number of hydrogen-bond acceptors (Lipinski definition) is 3. The highest BCUT2D eigenvalue weighted by Crippen LogP contribution is 2.20. The molecule has 0 amide bonds. The predicted molar refractivity (Wildman–Crippen MR) is 71.1 cm³/mol. The van der Waals surface area contributed by atoms with Crippen molar-refractivity contribution < 1.29 is 0 Å². The van der Waals surface area contributed by atoms with Gasteiger partial charge in [-0.05, 0) is 26.0 Å². The Balaban J connectivity index is 2.45. The molecule has 0 aliphatic heterocycles. The molecule has 86 valence electrons. The summed E-state index contributed by atoms with van der Waals surface area (Å²) >= 11 is 1.81. The summed E-state index contributed by atoms with van der Waals surface area (Å²) in [5.41, 5.74) is 4.09. The van der Waals surface area contributed by atoms with E-state index < -0.39 is 0 Å². The summed E-state index contributed by atoms with van der Waals surface area (Å²) in [6.45, 7) is 3.95. The van der Waals surface area contributed by atoms with Gasteiger partial charge in [0.05, 0.1) is 0 Å². The van der Waals surface area contributed by atoms with Crippen LogP contribution in [0.1, 0.15) is 18.9 Å². The molecular formula is C13H18N2S. The van der Waals surface area contributed by atoms with E-state index in [4.69, 9.17) is 5.84 Å². The Morgan fingerprint density at radius 3 is 2.94 bits per heavy atom. The third-order valence-corrected chi connectivity index (χ3v) is 3.36. The number of rotatable bonds is 5. The second-order valence-corrected chi connectivity index (χ2v) is 4.72. The van der Waals surface area contributed by atoms with Crippen LogP contribution in [-0.2, 0) is 0 Å². The average molecular weight is 234 g/mol. The molecule has 0 heterocycles. The van der Waals surface area contributed by atoms with Crippen molar-refractivity contribution in [3.63, 3.8) is 0 Å². The van der Waals surface area contributed by atoms with Crippen LogP contribution in [0.5, 0.6) is 0 Å². The topological polar surface area (TPSA) is 38.0 Å². The molecule has 1 rings (SSSR count). The number of nitrogens with one attached hydrogen (secondary N) is 1. The van der Waals surface area contributed by atoms with Crippen molar-refractivity contribution in [2.45, 2.75) is 31.2 Å². The van der Waals surface area contributed by atoms with E-state index in [-0.39, 0.29) is 6.04 Å². The highest BCUT2D eigenvalue weighted by Gasteiger charge is 2.05. The summed E-state index contributed by atoms with van der Waals surface area (Å²) < 4.78 is 0. The normalized spacial score (nSPS) is 11.7. The van der Waals surface area contributed by atoms with Gasteiger partial charge in [-0.25, -0.2) is 0 Å². The Morgan fingerprint density at radius 2 is 2.31 bits per heavy atom. The molecule has 0 aliphatic rings. The first-order chi connectivity index (χ1) is 7.76. The van der Waals surface area contributed by atoms with Gasteiger partial charge in [0.2, 0.25) is 0 Å². The van der Waals surface area contributed by atoms with E-state index in [1.165, 1.54) is 10.5 Å². The number of hydrazine groups is 1. The zero-order chi connectivity index (χ0) is 11.8. The number of thioether (sulfide) groups is 1. The second kappa shape index (κ2) is 7.34. The number of benzene rings is 1. The van der Waals surface area contributed by atoms with Crippen molar-refractivity contribution in [2.24, 2.45) is 5.84 Å². The van der Waals surface area contributed by atoms with E-state index in [2.05, 4.69) is 48.5 Å². The highest BCUT2D eigenvalue weighted by atomic mass is 32.2. The summed E-state index contributed by atoms with van der Waals surface area (Å²) in [6, 6.07) is 8.73. The van der Waals surface area contributed by atoms with E-state index in [0.717, 1.165) is 12.2 Å². The Labute approximate surface area is 102 Å². The highest BCUT2D eigenvalue weighted by molar-refractivity contribution is 7.99. The molecular weight excluding hydrogens is 216 g/mol. The maximum Gasteiger partial charge on any atom is 0.0413 e. The molecule has 0 fully saturated rings. The quantitative estimate of drug-likeness (QED) is 0.355. The largest absolute Gasteiger partial charge is 0.271 e. The van der Waals surface area contributed by atoms with Gasteiger partial charge in [-0.3, -0.25) is 11.3 Å². The lowest BCUT2D eigenvalue weighted by Gasteiger charge is -2.12. The molecule has 1 aromatic carbocycles. The Morgan fingerprint density at radius 1 is 1.50 bits per heavy atom. The van der Waals surface area contributed by atoms with Crippen LogP contribution in [0.3, 0.4) is 0 Å². The van der Waals surface area contributed by atoms with Crippen LogP contribution in [0.15, 0.2) is 29.2 Å². The van der Waals surface area contributed by atoms with E-state index in [1.807, 2.05) is 18.7 Å². The van der Waals surface area contributed by atoms with Gasteiger partial charge in [0.25, 0.3) is 0 Å². The fourth-order valence-electron chi connectivity index (χ4n) is 1.29. The van der Waals surface area contributed by atoms with Crippen LogP contribution >= 0.6 is 11.8 Å². The molecule has 3 N–H and O–H groups in total. The van der Waals surface area contributed by atoms with E-state index >= 15 is 0 Å². The first kappa shape index (κ1) is 13.1. The first-order valence-electron chi connectivity index (χ1n) is 5.31. The molecule has 1 atom stereocenters. The van der Waals surface area contributed by atoms with Crippen molar-refractivity contribution in [2.75, 3.05) is 5.75 Å². The molecule has 0 radical (unpaired) electrons. The predicted octanol–water partition coefficient (Wildman–Crippen LogP) is 2.33. The minimum Gasteiger partial charge on any atom is -0.271 e. The van der Waals surface area contributed by atoms with Crippen molar-refractivity contribution in [1.82, 2.24) is 5.43 Å². The molecule has 0 spiro atoms. The molecule has 1 aromatic rings. The number of aryl methyl sites for hydroxylation is 1. The van der Waals surface area contributed by atoms with Gasteiger partial charge >= 0.3 is 0 Å². The minimum atomic E-state index is 0.248. The molecule has 3 heteroatoms. The molecule has 1 unspecified atom stereocenters. The lowest BCUT2D eigenvalue weighted by atomic mass is 10.2. The van der Waals surface area contributed by atoms with Crippen LogP contribution in [-0.4, -0.2) is 11.8 Å². The standard InChI is InChI=1S/C13H18N2S/c1-3-4-7-12(15-14)10-16-13-8-5-6-11(2)9-13/h5-6,8-9,12,15H,7,10,14H2,1-2H3. The Hall–Kier alpha value is -0.950. The van der Waals surface area contributed by atoms with Gasteiger partial charge < -0.3 is 0 Å². The SMILES string of the molecule is CC#CCC(CSc1cccc(C)c1)NN. The van der Waals surface area contributed by atoms with Crippen molar-refractivity contribution in [1.29, 1.82) is 0 Å². The summed E-state index contributed by atoms with van der Waals surface area (Å²) in [4.78, 5) is 1.28. The summed E-state index contributed by atoms with van der Waals surface area (Å²) in [5, 5.41) is 0. The molecule has 16 heavy (non-hydrogen) atoms. The van der Waals surface area contributed by atoms with Crippen molar-refractivity contribution in [3.8, 4) is 11.8 Å². The fourth-order valence-corrected chi connectivity index (χ4v) is 2.34. The van der Waals surface area contributed by atoms with Gasteiger partial charge in [-0.1, -0.05) is 17.7 Å². The number of hydrogen-bond donors (Lipinski definition) is 2. The molecule has 0 saturated heterocycles. The second-order valence-electron chi connectivity index (χ2n) is 3.62. The number of nitrogens with two attached hydrogens (primary N) is 1. The molecule has 0 aromatic heterocycles. The van der Waals surface area contributed by atoms with Crippen LogP contribution in [0.25, 0.3) is 0 Å². The third kappa shape index (κ3) is 4.71. The van der Waals surface area contributed by atoms with Gasteiger partial charge in [-0.15, -0.1) is 23.6 Å². The van der Waals surface area contributed by atoms with E-state index in [1.54, 1.807) is 0 Å². The monoisotopic (exact) mass is 234 g/mol. The lowest BCUT2D eigenvalue weighted by Crippen LogP contribution is -2.36. The van der Waals surface area contributed by atoms with Crippen molar-refractivity contribution in [3.05, 3.63) is 29.8 Å². The molecule has 2 nitrogen and oxygen atoms in total. The Bertz CT molecular complexity index is 379. The molecule has 0 bridgehead atoms. The lowest BCUT2D eigenvalue weighted by molar-refractivity contribution is 0.591.